The molecule has 4 heteroatoms. The molecular weight excluding hydrogens is 254 g/mol. The highest BCUT2D eigenvalue weighted by molar-refractivity contribution is 7.09. The minimum Gasteiger partial charge on any atom is -0.304 e. The Morgan fingerprint density at radius 3 is 2.47 bits per heavy atom. The van der Waals surface area contributed by atoms with Crippen molar-refractivity contribution >= 4 is 11.3 Å². The monoisotopic (exact) mass is 275 g/mol. The fraction of sp³-hybridized carbons (Fsp3) is 0.467. The Kier molecular flexibility index (Phi) is 4.32. The van der Waals surface area contributed by atoms with E-state index in [0.29, 0.717) is 0 Å². The van der Waals surface area contributed by atoms with Crippen LogP contribution in [0.3, 0.4) is 0 Å². The number of rotatable bonds is 4. The third-order valence-corrected chi connectivity index (χ3v) is 4.21. The minimum absolute atomic E-state index is 0.289. The zero-order chi connectivity index (χ0) is 14.0. The molecule has 0 aliphatic carbocycles. The summed E-state index contributed by atoms with van der Waals surface area (Å²) < 4.78 is 0. The van der Waals surface area contributed by atoms with Crippen LogP contribution in [0, 0.1) is 27.7 Å². The summed E-state index contributed by atoms with van der Waals surface area (Å²) in [6, 6.07) is 2.44. The molecule has 0 amide bonds. The quantitative estimate of drug-likeness (QED) is 0.926. The van der Waals surface area contributed by atoms with Crippen LogP contribution in [0.15, 0.2) is 11.4 Å². The van der Waals surface area contributed by atoms with Crippen LogP contribution < -0.4 is 5.32 Å². The van der Waals surface area contributed by atoms with Crippen molar-refractivity contribution in [3.05, 3.63) is 44.7 Å². The third-order valence-electron chi connectivity index (χ3n) is 3.24. The summed E-state index contributed by atoms with van der Waals surface area (Å²) >= 11 is 1.71. The molecule has 0 aliphatic heterocycles. The summed E-state index contributed by atoms with van der Waals surface area (Å²) in [5.74, 6) is 0. The Morgan fingerprint density at radius 2 is 1.89 bits per heavy atom. The van der Waals surface area contributed by atoms with E-state index in [9.17, 15) is 0 Å². The van der Waals surface area contributed by atoms with Crippen molar-refractivity contribution in [2.24, 2.45) is 0 Å². The van der Waals surface area contributed by atoms with Gasteiger partial charge < -0.3 is 5.32 Å². The summed E-state index contributed by atoms with van der Waals surface area (Å²) in [6.45, 7) is 11.3. The Balaban J connectivity index is 2.10. The lowest BCUT2D eigenvalue weighted by atomic mass is 10.0. The zero-order valence-corrected chi connectivity index (χ0v) is 13.1. The molecule has 102 valence electrons. The van der Waals surface area contributed by atoms with E-state index >= 15 is 0 Å². The number of thiazole rings is 1. The highest BCUT2D eigenvalue weighted by atomic mass is 32.1. The van der Waals surface area contributed by atoms with Crippen LogP contribution in [0.4, 0.5) is 0 Å². The lowest BCUT2D eigenvalue weighted by Gasteiger charge is -2.18. The molecule has 0 spiro atoms. The Hall–Kier alpha value is -1.26. The molecule has 1 N–H and O–H groups in total. The first-order chi connectivity index (χ1) is 8.97. The van der Waals surface area contributed by atoms with Gasteiger partial charge in [0.15, 0.2) is 0 Å². The first-order valence-electron chi connectivity index (χ1n) is 6.56. The third kappa shape index (κ3) is 3.39. The second-order valence-corrected chi connectivity index (χ2v) is 6.01. The number of hydrogen-bond acceptors (Lipinski definition) is 4. The molecule has 0 fully saturated rings. The lowest BCUT2D eigenvalue weighted by Crippen LogP contribution is -2.20. The van der Waals surface area contributed by atoms with Gasteiger partial charge in [-0.15, -0.1) is 11.3 Å². The van der Waals surface area contributed by atoms with Crippen LogP contribution in [-0.2, 0) is 6.54 Å². The smallest absolute Gasteiger partial charge is 0.107 e. The molecule has 1 atom stereocenters. The van der Waals surface area contributed by atoms with Crippen molar-refractivity contribution in [3.63, 3.8) is 0 Å². The summed E-state index contributed by atoms with van der Waals surface area (Å²) in [4.78, 5) is 9.04. The molecule has 0 saturated heterocycles. The predicted molar refractivity (Wildman–Crippen MR) is 80.6 cm³/mol. The molecule has 3 nitrogen and oxygen atoms in total. The summed E-state index contributed by atoms with van der Waals surface area (Å²) in [7, 11) is 0. The van der Waals surface area contributed by atoms with Crippen molar-refractivity contribution in [2.45, 2.75) is 47.2 Å². The summed E-state index contributed by atoms with van der Waals surface area (Å²) in [5.41, 5.74) is 5.91. The molecule has 1 unspecified atom stereocenters. The van der Waals surface area contributed by atoms with E-state index < -0.39 is 0 Å². The SMILES string of the molecule is Cc1csc(CNC(C)c2c(C)cc(C)nc2C)n1. The van der Waals surface area contributed by atoms with E-state index in [1.54, 1.807) is 11.3 Å². The number of hydrogen-bond donors (Lipinski definition) is 1. The highest BCUT2D eigenvalue weighted by Gasteiger charge is 2.13. The maximum Gasteiger partial charge on any atom is 0.107 e. The number of aryl methyl sites for hydroxylation is 4. The van der Waals surface area contributed by atoms with Gasteiger partial charge in [0.25, 0.3) is 0 Å². The van der Waals surface area contributed by atoms with Crippen LogP contribution in [0.2, 0.25) is 0 Å². The van der Waals surface area contributed by atoms with Crippen LogP contribution in [0.25, 0.3) is 0 Å². The van der Waals surface area contributed by atoms with Gasteiger partial charge >= 0.3 is 0 Å². The van der Waals surface area contributed by atoms with E-state index in [1.165, 1.54) is 11.1 Å². The number of nitrogens with zero attached hydrogens (tertiary/aromatic N) is 2. The van der Waals surface area contributed by atoms with Crippen molar-refractivity contribution in [1.82, 2.24) is 15.3 Å². The molecule has 2 rings (SSSR count). The van der Waals surface area contributed by atoms with E-state index in [0.717, 1.165) is 28.6 Å². The molecule has 2 aromatic rings. The minimum atomic E-state index is 0.289. The van der Waals surface area contributed by atoms with Crippen LogP contribution in [-0.4, -0.2) is 9.97 Å². The van der Waals surface area contributed by atoms with Gasteiger partial charge in [-0.3, -0.25) is 4.98 Å². The van der Waals surface area contributed by atoms with Crippen molar-refractivity contribution < 1.29 is 0 Å². The van der Waals surface area contributed by atoms with Gasteiger partial charge in [-0.1, -0.05) is 0 Å². The van der Waals surface area contributed by atoms with Crippen molar-refractivity contribution in [2.75, 3.05) is 0 Å². The molecule has 19 heavy (non-hydrogen) atoms. The normalized spacial score (nSPS) is 12.7. The predicted octanol–water partition coefficient (Wildman–Crippen LogP) is 3.62. The van der Waals surface area contributed by atoms with Gasteiger partial charge in [0.05, 0.1) is 0 Å². The fourth-order valence-electron chi connectivity index (χ4n) is 2.51. The average Bonchev–Trinajstić information content (AvgIpc) is 2.71. The second-order valence-electron chi connectivity index (χ2n) is 5.06. The van der Waals surface area contributed by atoms with Crippen LogP contribution in [0.5, 0.6) is 0 Å². The van der Waals surface area contributed by atoms with E-state index in [4.69, 9.17) is 0 Å². The van der Waals surface area contributed by atoms with Crippen LogP contribution >= 0.6 is 11.3 Å². The number of nitrogens with one attached hydrogen (secondary N) is 1. The zero-order valence-electron chi connectivity index (χ0n) is 12.2. The Labute approximate surface area is 119 Å². The number of pyridine rings is 1. The van der Waals surface area contributed by atoms with Gasteiger partial charge in [0, 0.05) is 35.0 Å². The standard InChI is InChI=1S/C15H21N3S/c1-9-6-10(2)17-13(5)15(9)12(4)16-7-14-18-11(3)8-19-14/h6,8,12,16H,7H2,1-5H3. The molecule has 0 bridgehead atoms. The maximum atomic E-state index is 4.56. The second kappa shape index (κ2) is 5.80. The highest BCUT2D eigenvalue weighted by Crippen LogP contribution is 2.21. The topological polar surface area (TPSA) is 37.8 Å². The molecule has 0 saturated carbocycles. The molecule has 0 radical (unpaired) electrons. The first-order valence-corrected chi connectivity index (χ1v) is 7.44. The van der Waals surface area contributed by atoms with Gasteiger partial charge in [-0.2, -0.15) is 0 Å². The molecule has 0 aliphatic rings. The fourth-order valence-corrected chi connectivity index (χ4v) is 3.24. The van der Waals surface area contributed by atoms with Gasteiger partial charge in [-0.05, 0) is 51.8 Å². The van der Waals surface area contributed by atoms with Crippen molar-refractivity contribution in [3.8, 4) is 0 Å². The van der Waals surface area contributed by atoms with Gasteiger partial charge in [0.2, 0.25) is 0 Å². The molecule has 2 heterocycles. The Morgan fingerprint density at radius 1 is 1.16 bits per heavy atom. The molecule has 0 aromatic carbocycles. The number of aromatic nitrogens is 2. The Bertz CT molecular complexity index is 552. The van der Waals surface area contributed by atoms with E-state index in [2.05, 4.69) is 47.5 Å². The summed E-state index contributed by atoms with van der Waals surface area (Å²) in [5, 5.41) is 6.77. The van der Waals surface area contributed by atoms with Gasteiger partial charge in [0.1, 0.15) is 5.01 Å². The largest absolute Gasteiger partial charge is 0.304 e. The maximum absolute atomic E-state index is 4.56. The van der Waals surface area contributed by atoms with Crippen LogP contribution in [0.1, 0.15) is 46.2 Å². The summed E-state index contributed by atoms with van der Waals surface area (Å²) in [6.07, 6.45) is 0. The van der Waals surface area contributed by atoms with E-state index in [-0.39, 0.29) is 6.04 Å². The molecular formula is C15H21N3S. The molecule has 2 aromatic heterocycles. The van der Waals surface area contributed by atoms with Gasteiger partial charge in [-0.25, -0.2) is 4.98 Å². The van der Waals surface area contributed by atoms with E-state index in [1.807, 2.05) is 13.8 Å². The first kappa shape index (κ1) is 14.2. The van der Waals surface area contributed by atoms with Crippen molar-refractivity contribution in [1.29, 1.82) is 0 Å². The lowest BCUT2D eigenvalue weighted by molar-refractivity contribution is 0.565. The average molecular weight is 275 g/mol.